The van der Waals surface area contributed by atoms with Crippen molar-refractivity contribution in [2.24, 2.45) is 5.73 Å². The van der Waals surface area contributed by atoms with Gasteiger partial charge in [-0.25, -0.2) is 0 Å². The van der Waals surface area contributed by atoms with E-state index in [4.69, 9.17) is 10.5 Å². The van der Waals surface area contributed by atoms with Crippen LogP contribution in [0.3, 0.4) is 0 Å². The zero-order valence-corrected chi connectivity index (χ0v) is 12.1. The van der Waals surface area contributed by atoms with Crippen LogP contribution in [0.2, 0.25) is 0 Å². The molecule has 1 aromatic carbocycles. The molecule has 0 heterocycles. The van der Waals surface area contributed by atoms with E-state index in [1.807, 2.05) is 31.2 Å². The first-order chi connectivity index (χ1) is 9.63. The first-order valence-electron chi connectivity index (χ1n) is 7.38. The molecular formula is C16H24N2O2. The fourth-order valence-electron chi connectivity index (χ4n) is 2.53. The molecule has 0 atom stereocenters. The molecule has 0 bridgehead atoms. The summed E-state index contributed by atoms with van der Waals surface area (Å²) in [4.78, 5) is 11.8. The molecular weight excluding hydrogens is 252 g/mol. The fourth-order valence-corrected chi connectivity index (χ4v) is 2.53. The van der Waals surface area contributed by atoms with Gasteiger partial charge in [-0.1, -0.05) is 12.1 Å². The van der Waals surface area contributed by atoms with E-state index in [1.54, 1.807) is 0 Å². The molecule has 1 fully saturated rings. The molecule has 1 amide bonds. The lowest BCUT2D eigenvalue weighted by Gasteiger charge is -2.26. The van der Waals surface area contributed by atoms with Crippen molar-refractivity contribution in [2.45, 2.75) is 51.1 Å². The number of nitrogens with two attached hydrogens (primary N) is 1. The average molecular weight is 276 g/mol. The van der Waals surface area contributed by atoms with Gasteiger partial charge in [0.25, 0.3) is 0 Å². The Labute approximate surface area is 120 Å². The van der Waals surface area contributed by atoms with Gasteiger partial charge in [0, 0.05) is 12.1 Å². The van der Waals surface area contributed by atoms with Crippen molar-refractivity contribution in [1.29, 1.82) is 0 Å². The molecule has 0 saturated heterocycles. The molecule has 1 aliphatic rings. The van der Waals surface area contributed by atoms with Gasteiger partial charge in [0.2, 0.25) is 5.91 Å². The maximum Gasteiger partial charge on any atom is 0.223 e. The highest BCUT2D eigenvalue weighted by Gasteiger charge is 2.19. The lowest BCUT2D eigenvalue weighted by Crippen LogP contribution is -2.40. The van der Waals surface area contributed by atoms with Crippen molar-refractivity contribution in [3.63, 3.8) is 0 Å². The Morgan fingerprint density at radius 1 is 1.35 bits per heavy atom. The van der Waals surface area contributed by atoms with E-state index in [0.717, 1.165) is 37.0 Å². The van der Waals surface area contributed by atoms with Crippen LogP contribution in [0, 0.1) is 6.92 Å². The second-order valence-corrected chi connectivity index (χ2v) is 5.59. The molecule has 0 unspecified atom stereocenters. The highest BCUT2D eigenvalue weighted by atomic mass is 16.5. The number of nitrogens with one attached hydrogen (secondary N) is 1. The van der Waals surface area contributed by atoms with Crippen LogP contribution in [0.15, 0.2) is 24.3 Å². The lowest BCUT2D eigenvalue weighted by molar-refractivity contribution is -0.122. The minimum Gasteiger partial charge on any atom is -0.493 e. The summed E-state index contributed by atoms with van der Waals surface area (Å²) < 4.78 is 5.58. The topological polar surface area (TPSA) is 64.3 Å². The Hall–Kier alpha value is -1.55. The summed E-state index contributed by atoms with van der Waals surface area (Å²) in [7, 11) is 0. The Kier molecular flexibility index (Phi) is 5.41. The quantitative estimate of drug-likeness (QED) is 0.866. The third-order valence-electron chi connectivity index (χ3n) is 3.72. The molecule has 4 nitrogen and oxygen atoms in total. The second-order valence-electron chi connectivity index (χ2n) is 5.59. The molecule has 1 saturated carbocycles. The molecule has 1 aliphatic carbocycles. The summed E-state index contributed by atoms with van der Waals surface area (Å²) in [6.45, 7) is 2.44. The van der Waals surface area contributed by atoms with Gasteiger partial charge in [-0.15, -0.1) is 0 Å². The van der Waals surface area contributed by atoms with Crippen LogP contribution in [-0.4, -0.2) is 24.6 Å². The lowest BCUT2D eigenvalue weighted by atomic mass is 9.92. The fraction of sp³-hybridized carbons (Fsp3) is 0.562. The summed E-state index contributed by atoms with van der Waals surface area (Å²) >= 11 is 0. The van der Waals surface area contributed by atoms with Crippen LogP contribution >= 0.6 is 0 Å². The molecule has 20 heavy (non-hydrogen) atoms. The number of carbonyl (C=O) groups is 1. The monoisotopic (exact) mass is 276 g/mol. The van der Waals surface area contributed by atoms with Gasteiger partial charge in [0.1, 0.15) is 5.75 Å². The van der Waals surface area contributed by atoms with Crippen LogP contribution in [0.25, 0.3) is 0 Å². The molecule has 3 N–H and O–H groups in total. The maximum atomic E-state index is 11.8. The van der Waals surface area contributed by atoms with Crippen molar-refractivity contribution in [3.8, 4) is 5.75 Å². The summed E-state index contributed by atoms with van der Waals surface area (Å²) in [6.07, 6.45) is 4.39. The standard InChI is InChI=1S/C16H24N2O2/c1-12-3-2-4-15(11-12)20-10-9-16(19)18-14-7-5-13(17)6-8-14/h2-4,11,13-14H,5-10,17H2,1H3,(H,18,19). The van der Waals surface area contributed by atoms with E-state index in [-0.39, 0.29) is 5.91 Å². The predicted octanol–water partition coefficient (Wildman–Crippen LogP) is 2.15. The van der Waals surface area contributed by atoms with Crippen LogP contribution in [0.4, 0.5) is 0 Å². The molecule has 2 rings (SSSR count). The number of hydrogen-bond donors (Lipinski definition) is 2. The SMILES string of the molecule is Cc1cccc(OCCC(=O)NC2CCC(N)CC2)c1. The number of amides is 1. The van der Waals surface area contributed by atoms with E-state index in [2.05, 4.69) is 5.32 Å². The van der Waals surface area contributed by atoms with Crippen molar-refractivity contribution in [3.05, 3.63) is 29.8 Å². The number of ether oxygens (including phenoxy) is 1. The molecule has 0 aromatic heterocycles. The summed E-state index contributed by atoms with van der Waals surface area (Å²) in [5, 5.41) is 3.06. The number of carbonyl (C=O) groups excluding carboxylic acids is 1. The zero-order valence-electron chi connectivity index (χ0n) is 12.1. The predicted molar refractivity (Wildman–Crippen MR) is 79.7 cm³/mol. The Morgan fingerprint density at radius 3 is 2.80 bits per heavy atom. The first kappa shape index (κ1) is 14.9. The van der Waals surface area contributed by atoms with Crippen LogP contribution in [0.5, 0.6) is 5.75 Å². The molecule has 0 spiro atoms. The molecule has 0 aliphatic heterocycles. The molecule has 4 heteroatoms. The van der Waals surface area contributed by atoms with Gasteiger partial charge in [-0.3, -0.25) is 4.79 Å². The largest absolute Gasteiger partial charge is 0.493 e. The Morgan fingerprint density at radius 2 is 2.10 bits per heavy atom. The summed E-state index contributed by atoms with van der Waals surface area (Å²) in [5.74, 6) is 0.888. The van der Waals surface area contributed by atoms with Crippen LogP contribution in [-0.2, 0) is 4.79 Å². The smallest absolute Gasteiger partial charge is 0.223 e. The zero-order chi connectivity index (χ0) is 14.4. The third kappa shape index (κ3) is 4.85. The number of aryl methyl sites for hydroxylation is 1. The van der Waals surface area contributed by atoms with Gasteiger partial charge in [-0.2, -0.15) is 0 Å². The van der Waals surface area contributed by atoms with Crippen LogP contribution in [0.1, 0.15) is 37.7 Å². The van der Waals surface area contributed by atoms with Gasteiger partial charge >= 0.3 is 0 Å². The normalized spacial score (nSPS) is 22.3. The van der Waals surface area contributed by atoms with Crippen molar-refractivity contribution >= 4 is 5.91 Å². The van der Waals surface area contributed by atoms with Crippen molar-refractivity contribution < 1.29 is 9.53 Å². The van der Waals surface area contributed by atoms with Gasteiger partial charge < -0.3 is 15.8 Å². The average Bonchev–Trinajstić information content (AvgIpc) is 2.41. The summed E-state index contributed by atoms with van der Waals surface area (Å²) in [5.41, 5.74) is 7.01. The maximum absolute atomic E-state index is 11.8. The molecule has 1 aromatic rings. The van der Waals surface area contributed by atoms with E-state index < -0.39 is 0 Å². The number of rotatable bonds is 5. The van der Waals surface area contributed by atoms with E-state index >= 15 is 0 Å². The van der Waals surface area contributed by atoms with Gasteiger partial charge in [-0.05, 0) is 50.3 Å². The van der Waals surface area contributed by atoms with Crippen molar-refractivity contribution in [2.75, 3.05) is 6.61 Å². The first-order valence-corrected chi connectivity index (χ1v) is 7.38. The van der Waals surface area contributed by atoms with Crippen molar-refractivity contribution in [1.82, 2.24) is 5.32 Å². The molecule has 0 radical (unpaired) electrons. The molecule has 110 valence electrons. The highest BCUT2D eigenvalue weighted by molar-refractivity contribution is 5.76. The second kappa shape index (κ2) is 7.29. The van der Waals surface area contributed by atoms with Crippen LogP contribution < -0.4 is 15.8 Å². The Bertz CT molecular complexity index is 440. The number of benzene rings is 1. The van der Waals surface area contributed by atoms with E-state index in [0.29, 0.717) is 25.1 Å². The Balaban J connectivity index is 1.65. The van der Waals surface area contributed by atoms with E-state index in [1.165, 1.54) is 0 Å². The summed E-state index contributed by atoms with van der Waals surface area (Å²) in [6, 6.07) is 8.46. The van der Waals surface area contributed by atoms with Gasteiger partial charge in [0.15, 0.2) is 0 Å². The minimum absolute atomic E-state index is 0.0677. The van der Waals surface area contributed by atoms with E-state index in [9.17, 15) is 4.79 Å². The number of hydrogen-bond acceptors (Lipinski definition) is 3. The van der Waals surface area contributed by atoms with Gasteiger partial charge in [0.05, 0.1) is 13.0 Å². The minimum atomic E-state index is 0.0677. The third-order valence-corrected chi connectivity index (χ3v) is 3.72. The highest BCUT2D eigenvalue weighted by Crippen LogP contribution is 2.17.